The second-order valence-corrected chi connectivity index (χ2v) is 4.83. The first-order valence-corrected chi connectivity index (χ1v) is 6.48. The van der Waals surface area contributed by atoms with Crippen molar-refractivity contribution in [3.8, 4) is 0 Å². The third-order valence-corrected chi connectivity index (χ3v) is 3.56. The lowest BCUT2D eigenvalue weighted by molar-refractivity contribution is -0.255. The number of carboxylic acid groups (broad SMARTS) is 1. The van der Waals surface area contributed by atoms with E-state index in [4.69, 9.17) is 0 Å². The van der Waals surface area contributed by atoms with Crippen molar-refractivity contribution in [3.63, 3.8) is 0 Å². The van der Waals surface area contributed by atoms with Crippen LogP contribution >= 0.6 is 11.3 Å². The molecule has 1 atom stereocenters. The molecule has 1 amide bonds. The van der Waals surface area contributed by atoms with Crippen LogP contribution in [-0.4, -0.2) is 16.9 Å². The molecule has 0 aliphatic carbocycles. The highest BCUT2D eigenvalue weighted by molar-refractivity contribution is 7.10. The Morgan fingerprint density at radius 1 is 1.32 bits per heavy atom. The standard InChI is InChI=1S/C13H12N2O3S/c1-8(12-15-10(7-19-12)13(17)18)11(16)14-9-5-3-2-4-6-9/h2-8H,1H3,(H,14,16)(H,17,18)/p-1/t8-/m0/s1. The van der Waals surface area contributed by atoms with Gasteiger partial charge in [0.25, 0.3) is 0 Å². The maximum absolute atomic E-state index is 12.0. The van der Waals surface area contributed by atoms with Gasteiger partial charge in [-0.05, 0) is 19.1 Å². The van der Waals surface area contributed by atoms with E-state index < -0.39 is 11.9 Å². The summed E-state index contributed by atoms with van der Waals surface area (Å²) in [5.74, 6) is -2.08. The third kappa shape index (κ3) is 3.17. The molecule has 0 aliphatic rings. The topological polar surface area (TPSA) is 82.1 Å². The summed E-state index contributed by atoms with van der Waals surface area (Å²) in [6.07, 6.45) is 0. The molecule has 0 fully saturated rings. The predicted octanol–water partition coefficient (Wildman–Crippen LogP) is 1.25. The zero-order chi connectivity index (χ0) is 13.8. The van der Waals surface area contributed by atoms with Crippen molar-refractivity contribution in [1.29, 1.82) is 0 Å². The van der Waals surface area contributed by atoms with E-state index in [1.165, 1.54) is 5.38 Å². The molecule has 0 unspecified atom stereocenters. The second-order valence-electron chi connectivity index (χ2n) is 3.94. The number of amides is 1. The highest BCUT2D eigenvalue weighted by Crippen LogP contribution is 2.21. The Morgan fingerprint density at radius 3 is 2.58 bits per heavy atom. The number of nitrogens with one attached hydrogen (secondary N) is 1. The van der Waals surface area contributed by atoms with Crippen LogP contribution in [0, 0.1) is 0 Å². The number of rotatable bonds is 4. The number of hydrogen-bond acceptors (Lipinski definition) is 5. The summed E-state index contributed by atoms with van der Waals surface area (Å²) >= 11 is 1.13. The average molecular weight is 275 g/mol. The second kappa shape index (κ2) is 5.62. The van der Waals surface area contributed by atoms with E-state index in [1.54, 1.807) is 19.1 Å². The number of nitrogens with zero attached hydrogens (tertiary/aromatic N) is 1. The third-order valence-electron chi connectivity index (χ3n) is 2.54. The number of carboxylic acids is 1. The van der Waals surface area contributed by atoms with Crippen molar-refractivity contribution >= 4 is 28.9 Å². The van der Waals surface area contributed by atoms with E-state index in [-0.39, 0.29) is 11.6 Å². The number of benzene rings is 1. The maximum atomic E-state index is 12.0. The van der Waals surface area contributed by atoms with Crippen LogP contribution in [0.5, 0.6) is 0 Å². The molecule has 0 spiro atoms. The molecule has 1 heterocycles. The summed E-state index contributed by atoms with van der Waals surface area (Å²) in [6, 6.07) is 9.04. The van der Waals surface area contributed by atoms with Gasteiger partial charge in [-0.1, -0.05) is 18.2 Å². The number of anilines is 1. The lowest BCUT2D eigenvalue weighted by Crippen LogP contribution is -2.23. The lowest BCUT2D eigenvalue weighted by Gasteiger charge is -2.09. The molecule has 0 saturated heterocycles. The van der Waals surface area contributed by atoms with Gasteiger partial charge in [0.1, 0.15) is 5.01 Å². The number of aromatic carboxylic acids is 1. The Kier molecular flexibility index (Phi) is 3.91. The number of carbonyl (C=O) groups excluding carboxylic acids is 2. The lowest BCUT2D eigenvalue weighted by atomic mass is 10.1. The van der Waals surface area contributed by atoms with Gasteiger partial charge < -0.3 is 15.2 Å². The van der Waals surface area contributed by atoms with Gasteiger partial charge in [0.15, 0.2) is 0 Å². The largest absolute Gasteiger partial charge is 0.543 e. The molecule has 98 valence electrons. The molecule has 0 aliphatic heterocycles. The Morgan fingerprint density at radius 2 is 2.00 bits per heavy atom. The molecule has 1 aromatic carbocycles. The van der Waals surface area contributed by atoms with Crippen molar-refractivity contribution in [3.05, 3.63) is 46.4 Å². The van der Waals surface area contributed by atoms with Crippen LogP contribution in [0.4, 0.5) is 5.69 Å². The van der Waals surface area contributed by atoms with E-state index in [9.17, 15) is 14.7 Å². The van der Waals surface area contributed by atoms with Gasteiger partial charge in [0.2, 0.25) is 5.91 Å². The maximum Gasteiger partial charge on any atom is 0.234 e. The molecule has 2 rings (SSSR count). The summed E-state index contributed by atoms with van der Waals surface area (Å²) in [7, 11) is 0. The number of aromatic nitrogens is 1. The summed E-state index contributed by atoms with van der Waals surface area (Å²) < 4.78 is 0. The molecule has 1 N–H and O–H groups in total. The summed E-state index contributed by atoms with van der Waals surface area (Å²) in [5.41, 5.74) is 0.551. The van der Waals surface area contributed by atoms with Crippen LogP contribution in [0.3, 0.4) is 0 Å². The number of carbonyl (C=O) groups is 2. The molecule has 5 nitrogen and oxygen atoms in total. The molecule has 0 radical (unpaired) electrons. The van der Waals surface area contributed by atoms with Gasteiger partial charge in [-0.3, -0.25) is 4.79 Å². The van der Waals surface area contributed by atoms with Crippen LogP contribution in [0.15, 0.2) is 35.7 Å². The Labute approximate surface area is 113 Å². The van der Waals surface area contributed by atoms with Crippen molar-refractivity contribution in [2.45, 2.75) is 12.8 Å². The summed E-state index contributed by atoms with van der Waals surface area (Å²) in [5, 5.41) is 15.2. The average Bonchev–Trinajstić information content (AvgIpc) is 2.88. The van der Waals surface area contributed by atoms with Gasteiger partial charge in [0.05, 0.1) is 17.6 Å². The minimum atomic E-state index is -1.34. The predicted molar refractivity (Wildman–Crippen MR) is 69.9 cm³/mol. The molecule has 19 heavy (non-hydrogen) atoms. The first-order chi connectivity index (χ1) is 9.08. The smallest absolute Gasteiger partial charge is 0.234 e. The summed E-state index contributed by atoms with van der Waals surface area (Å²) in [4.78, 5) is 26.5. The normalized spacial score (nSPS) is 11.8. The highest BCUT2D eigenvalue weighted by Gasteiger charge is 2.19. The molecular formula is C13H11N2O3S-. The van der Waals surface area contributed by atoms with Crippen LogP contribution in [-0.2, 0) is 4.79 Å². The Bertz CT molecular complexity index is 595. The van der Waals surface area contributed by atoms with Crippen LogP contribution in [0.2, 0.25) is 0 Å². The zero-order valence-corrected chi connectivity index (χ0v) is 10.9. The number of para-hydroxylation sites is 1. The van der Waals surface area contributed by atoms with Crippen molar-refractivity contribution in [2.24, 2.45) is 0 Å². The molecule has 0 bridgehead atoms. The van der Waals surface area contributed by atoms with Crippen LogP contribution < -0.4 is 10.4 Å². The fraction of sp³-hybridized carbons (Fsp3) is 0.154. The minimum absolute atomic E-state index is 0.139. The fourth-order valence-corrected chi connectivity index (χ4v) is 2.31. The van der Waals surface area contributed by atoms with E-state index in [1.807, 2.05) is 18.2 Å². The first-order valence-electron chi connectivity index (χ1n) is 5.60. The van der Waals surface area contributed by atoms with Gasteiger partial charge in [-0.25, -0.2) is 4.98 Å². The van der Waals surface area contributed by atoms with Gasteiger partial charge in [0, 0.05) is 11.1 Å². The minimum Gasteiger partial charge on any atom is -0.543 e. The van der Waals surface area contributed by atoms with Crippen LogP contribution in [0.1, 0.15) is 28.3 Å². The zero-order valence-electron chi connectivity index (χ0n) is 10.1. The molecule has 2 aromatic rings. The van der Waals surface area contributed by atoms with Crippen LogP contribution in [0.25, 0.3) is 0 Å². The molecule has 0 saturated carbocycles. The van der Waals surface area contributed by atoms with Gasteiger partial charge in [-0.2, -0.15) is 0 Å². The highest BCUT2D eigenvalue weighted by atomic mass is 32.1. The quantitative estimate of drug-likeness (QED) is 0.910. The van der Waals surface area contributed by atoms with E-state index >= 15 is 0 Å². The van der Waals surface area contributed by atoms with E-state index in [0.717, 1.165) is 11.3 Å². The van der Waals surface area contributed by atoms with Crippen molar-refractivity contribution < 1.29 is 14.7 Å². The molecular weight excluding hydrogens is 264 g/mol. The number of hydrogen-bond donors (Lipinski definition) is 1. The van der Waals surface area contributed by atoms with Crippen molar-refractivity contribution in [1.82, 2.24) is 4.98 Å². The molecule has 6 heteroatoms. The Balaban J connectivity index is 2.08. The van der Waals surface area contributed by atoms with Crippen molar-refractivity contribution in [2.75, 3.05) is 5.32 Å². The number of thiazole rings is 1. The fourth-order valence-electron chi connectivity index (χ4n) is 1.46. The van der Waals surface area contributed by atoms with Gasteiger partial charge >= 0.3 is 0 Å². The summed E-state index contributed by atoms with van der Waals surface area (Å²) in [6.45, 7) is 1.68. The van der Waals surface area contributed by atoms with Gasteiger partial charge in [-0.15, -0.1) is 11.3 Å². The Hall–Kier alpha value is -2.21. The SMILES string of the molecule is C[C@@H](C(=O)Nc1ccccc1)c1nc(C(=O)[O-])cs1. The van der Waals surface area contributed by atoms with E-state index in [2.05, 4.69) is 10.3 Å². The monoisotopic (exact) mass is 275 g/mol. The van der Waals surface area contributed by atoms with E-state index in [0.29, 0.717) is 10.7 Å². The molecule has 1 aromatic heterocycles. The first kappa shape index (κ1) is 13.2.